The molecule has 0 saturated heterocycles. The van der Waals surface area contributed by atoms with Crippen molar-refractivity contribution in [3.8, 4) is 23.0 Å². The number of hydrogen-bond acceptors (Lipinski definition) is 6. The Bertz CT molecular complexity index is 1340. The normalized spacial score (nSPS) is 12.1. The highest BCUT2D eigenvalue weighted by Crippen LogP contribution is 2.43. The first kappa shape index (κ1) is 21.9. The summed E-state index contributed by atoms with van der Waals surface area (Å²) >= 11 is 7.69. The summed E-state index contributed by atoms with van der Waals surface area (Å²) in [7, 11) is 0. The van der Waals surface area contributed by atoms with E-state index in [1.54, 1.807) is 18.0 Å². The molecule has 0 aliphatic carbocycles. The molecule has 5 rings (SSSR count). The molecule has 0 fully saturated rings. The molecule has 3 heterocycles. The van der Waals surface area contributed by atoms with Crippen LogP contribution in [-0.4, -0.2) is 20.1 Å². The first-order valence-corrected chi connectivity index (χ1v) is 12.0. The van der Waals surface area contributed by atoms with E-state index in [1.807, 2.05) is 43.3 Å². The van der Waals surface area contributed by atoms with Crippen LogP contribution in [0.1, 0.15) is 33.5 Å². The predicted octanol–water partition coefficient (Wildman–Crippen LogP) is 6.29. The van der Waals surface area contributed by atoms with E-state index in [0.29, 0.717) is 23.9 Å². The summed E-state index contributed by atoms with van der Waals surface area (Å²) in [6.45, 7) is 3.87. The Morgan fingerprint density at radius 1 is 1.06 bits per heavy atom. The number of hydrogen-bond donors (Lipinski definition) is 1. The highest BCUT2D eigenvalue weighted by Gasteiger charge is 2.27. The van der Waals surface area contributed by atoms with Gasteiger partial charge in [0, 0.05) is 40.1 Å². The van der Waals surface area contributed by atoms with Crippen molar-refractivity contribution >= 4 is 23.4 Å². The number of aliphatic hydroxyl groups is 1. The molecule has 0 bridgehead atoms. The van der Waals surface area contributed by atoms with Crippen molar-refractivity contribution in [3.63, 3.8) is 0 Å². The molecule has 1 aliphatic rings. The number of aryl methyl sites for hydroxylation is 2. The zero-order valence-electron chi connectivity index (χ0n) is 18.3. The summed E-state index contributed by atoms with van der Waals surface area (Å²) in [5.41, 5.74) is 6.65. The van der Waals surface area contributed by atoms with Gasteiger partial charge in [0.25, 0.3) is 0 Å². The van der Waals surface area contributed by atoms with Gasteiger partial charge in [-0.15, -0.1) is 11.8 Å². The Balaban J connectivity index is 1.59. The molecular formula is C26H22ClN3O2S. The minimum absolute atomic E-state index is 0.0935. The number of thioether (sulfide) groups is 1. The van der Waals surface area contributed by atoms with E-state index in [2.05, 4.69) is 24.0 Å². The fraction of sp³-hybridized carbons (Fsp3) is 0.192. The molecule has 5 nitrogen and oxygen atoms in total. The van der Waals surface area contributed by atoms with E-state index < -0.39 is 0 Å². The highest BCUT2D eigenvalue weighted by atomic mass is 35.5. The van der Waals surface area contributed by atoms with Gasteiger partial charge in [-0.05, 0) is 37.6 Å². The van der Waals surface area contributed by atoms with Crippen LogP contribution in [-0.2, 0) is 18.8 Å². The second-order valence-corrected chi connectivity index (χ2v) is 9.43. The Kier molecular flexibility index (Phi) is 6.06. The lowest BCUT2D eigenvalue weighted by molar-refractivity contribution is 0.278. The van der Waals surface area contributed by atoms with Crippen LogP contribution in [0.15, 0.2) is 59.8 Å². The average molecular weight is 476 g/mol. The molecule has 0 radical (unpaired) electrons. The quantitative estimate of drug-likeness (QED) is 0.238. The molecule has 2 aromatic heterocycles. The number of fused-ring (bicyclic) bond motifs is 2. The molecule has 7 heteroatoms. The third-order valence-electron chi connectivity index (χ3n) is 5.62. The number of pyridine rings is 1. The maximum Gasteiger partial charge on any atom is 0.227 e. The molecular weight excluding hydrogens is 454 g/mol. The molecule has 1 N–H and O–H groups in total. The number of aliphatic hydroxyl groups excluding tert-OH is 1. The first-order valence-electron chi connectivity index (χ1n) is 10.6. The van der Waals surface area contributed by atoms with Gasteiger partial charge in [0.1, 0.15) is 5.03 Å². The van der Waals surface area contributed by atoms with Gasteiger partial charge in [-0.2, -0.15) is 4.98 Å². The van der Waals surface area contributed by atoms with Crippen LogP contribution < -0.4 is 4.74 Å². The van der Waals surface area contributed by atoms with Gasteiger partial charge in [0.05, 0.1) is 17.9 Å². The Hall–Kier alpha value is -2.93. The zero-order chi connectivity index (χ0) is 22.9. The van der Waals surface area contributed by atoms with Crippen LogP contribution in [0.3, 0.4) is 0 Å². The predicted molar refractivity (Wildman–Crippen MR) is 131 cm³/mol. The number of aromatic nitrogens is 3. The maximum atomic E-state index is 9.85. The third-order valence-corrected chi connectivity index (χ3v) is 6.96. The summed E-state index contributed by atoms with van der Waals surface area (Å²) in [6, 6.07) is 16.0. The van der Waals surface area contributed by atoms with Gasteiger partial charge < -0.3 is 9.84 Å². The smallest absolute Gasteiger partial charge is 0.227 e. The Morgan fingerprint density at radius 2 is 1.88 bits per heavy atom. The van der Waals surface area contributed by atoms with Gasteiger partial charge in [0.15, 0.2) is 11.6 Å². The van der Waals surface area contributed by atoms with Crippen molar-refractivity contribution < 1.29 is 9.84 Å². The lowest BCUT2D eigenvalue weighted by Gasteiger charge is -2.24. The molecule has 4 aromatic rings. The number of halogens is 1. The number of rotatable bonds is 5. The minimum Gasteiger partial charge on any atom is -0.436 e. The number of benzene rings is 2. The van der Waals surface area contributed by atoms with Gasteiger partial charge >= 0.3 is 0 Å². The first-order chi connectivity index (χ1) is 16.0. The maximum absolute atomic E-state index is 9.85. The summed E-state index contributed by atoms with van der Waals surface area (Å²) in [5.74, 6) is 2.59. The SMILES string of the molecule is Cc1cccc(-c2nc3c(c(SCc4ccc(Cl)cc4)n2)Cc2c(CO)cnc(C)c2O3)c1. The second kappa shape index (κ2) is 9.14. The van der Waals surface area contributed by atoms with Crippen molar-refractivity contribution in [3.05, 3.63) is 93.3 Å². The van der Waals surface area contributed by atoms with Gasteiger partial charge in [-0.3, -0.25) is 4.98 Å². The highest BCUT2D eigenvalue weighted by molar-refractivity contribution is 7.98. The number of ether oxygens (including phenoxy) is 1. The Labute approximate surface area is 201 Å². The average Bonchev–Trinajstić information content (AvgIpc) is 2.83. The zero-order valence-corrected chi connectivity index (χ0v) is 19.9. The fourth-order valence-corrected chi connectivity index (χ4v) is 4.97. The van der Waals surface area contributed by atoms with Crippen LogP contribution in [0, 0.1) is 13.8 Å². The van der Waals surface area contributed by atoms with E-state index in [9.17, 15) is 5.11 Å². The van der Waals surface area contributed by atoms with Crippen molar-refractivity contribution in [2.24, 2.45) is 0 Å². The summed E-state index contributed by atoms with van der Waals surface area (Å²) in [4.78, 5) is 14.1. The number of nitrogens with zero attached hydrogens (tertiary/aromatic N) is 3. The molecule has 166 valence electrons. The van der Waals surface area contributed by atoms with Gasteiger partial charge in [-0.25, -0.2) is 4.98 Å². The second-order valence-electron chi connectivity index (χ2n) is 8.03. The monoisotopic (exact) mass is 475 g/mol. The van der Waals surface area contributed by atoms with E-state index >= 15 is 0 Å². The molecule has 1 aliphatic heterocycles. The van der Waals surface area contributed by atoms with Crippen LogP contribution in [0.5, 0.6) is 11.6 Å². The van der Waals surface area contributed by atoms with Crippen molar-refractivity contribution in [2.75, 3.05) is 0 Å². The Morgan fingerprint density at radius 3 is 2.64 bits per heavy atom. The molecule has 0 atom stereocenters. The topological polar surface area (TPSA) is 68.1 Å². The summed E-state index contributed by atoms with van der Waals surface area (Å²) in [5, 5.41) is 11.4. The third kappa shape index (κ3) is 4.47. The molecule has 0 spiro atoms. The van der Waals surface area contributed by atoms with Gasteiger partial charge in [0.2, 0.25) is 5.88 Å². The summed E-state index contributed by atoms with van der Waals surface area (Å²) in [6.07, 6.45) is 2.30. The lowest BCUT2D eigenvalue weighted by atomic mass is 9.99. The molecule has 33 heavy (non-hydrogen) atoms. The summed E-state index contributed by atoms with van der Waals surface area (Å²) < 4.78 is 6.30. The van der Waals surface area contributed by atoms with Gasteiger partial charge in [-0.1, -0.05) is 47.5 Å². The van der Waals surface area contributed by atoms with Crippen molar-refractivity contribution in [1.82, 2.24) is 15.0 Å². The van der Waals surface area contributed by atoms with Crippen LogP contribution in [0.25, 0.3) is 11.4 Å². The van der Waals surface area contributed by atoms with Crippen molar-refractivity contribution in [2.45, 2.75) is 37.7 Å². The van der Waals surface area contributed by atoms with Crippen LogP contribution in [0.2, 0.25) is 5.02 Å². The van der Waals surface area contributed by atoms with Crippen LogP contribution in [0.4, 0.5) is 0 Å². The fourth-order valence-electron chi connectivity index (χ4n) is 3.86. The standard InChI is InChI=1S/C26H22ClN3O2S/c1-15-4-3-5-18(10-15)24-29-25-22(11-21-19(13-31)12-28-16(2)23(21)32-25)26(30-24)33-14-17-6-8-20(27)9-7-17/h3-10,12,31H,11,13-14H2,1-2H3. The molecule has 2 aromatic carbocycles. The molecule has 0 unspecified atom stereocenters. The van der Waals surface area contributed by atoms with E-state index in [1.165, 1.54) is 0 Å². The van der Waals surface area contributed by atoms with Crippen molar-refractivity contribution in [1.29, 1.82) is 0 Å². The van der Waals surface area contributed by atoms with E-state index in [-0.39, 0.29) is 6.61 Å². The lowest BCUT2D eigenvalue weighted by Crippen LogP contribution is -2.13. The minimum atomic E-state index is -0.0935. The van der Waals surface area contributed by atoms with Crippen LogP contribution >= 0.6 is 23.4 Å². The van der Waals surface area contributed by atoms with E-state index in [4.69, 9.17) is 26.3 Å². The molecule has 0 saturated carbocycles. The molecule has 0 amide bonds. The van der Waals surface area contributed by atoms with E-state index in [0.717, 1.165) is 54.9 Å². The largest absolute Gasteiger partial charge is 0.436 e.